The van der Waals surface area contributed by atoms with E-state index in [1.807, 2.05) is 46.8 Å². The number of amides is 1. The average Bonchev–Trinajstić information content (AvgIpc) is 2.38. The Hall–Kier alpha value is -2.10. The van der Waals surface area contributed by atoms with Crippen molar-refractivity contribution >= 4 is 23.2 Å². The van der Waals surface area contributed by atoms with Gasteiger partial charge in [-0.05, 0) is 49.3 Å². The minimum Gasteiger partial charge on any atom is -0.298 e. The SMILES string of the molecule is Cc1cc(C)c(C2C(=O)N=C3CC(C)(C)CC(=O)C3C2=O)c(C)c1. The number of carbonyl (C=O) groups excluding carboxylic acids is 3. The number of aliphatic imine (C=N–C) groups is 1. The Bertz CT molecular complexity index is 778. The van der Waals surface area contributed by atoms with Crippen LogP contribution in [0, 0.1) is 32.1 Å². The zero-order chi connectivity index (χ0) is 17.8. The Morgan fingerprint density at radius 1 is 0.958 bits per heavy atom. The average molecular weight is 325 g/mol. The Labute approximate surface area is 142 Å². The third-order valence-electron chi connectivity index (χ3n) is 5.06. The first-order chi connectivity index (χ1) is 11.1. The van der Waals surface area contributed by atoms with Crippen molar-refractivity contribution in [1.82, 2.24) is 0 Å². The van der Waals surface area contributed by atoms with Gasteiger partial charge in [0.05, 0.1) is 0 Å². The summed E-state index contributed by atoms with van der Waals surface area (Å²) in [7, 11) is 0. The highest BCUT2D eigenvalue weighted by atomic mass is 16.2. The van der Waals surface area contributed by atoms with Gasteiger partial charge in [-0.1, -0.05) is 31.5 Å². The molecule has 126 valence electrons. The van der Waals surface area contributed by atoms with Crippen LogP contribution in [-0.4, -0.2) is 23.2 Å². The Morgan fingerprint density at radius 3 is 2.12 bits per heavy atom. The van der Waals surface area contributed by atoms with Crippen molar-refractivity contribution in [2.75, 3.05) is 0 Å². The number of fused-ring (bicyclic) bond motifs is 1. The molecular weight excluding hydrogens is 302 g/mol. The molecule has 1 aromatic rings. The molecule has 1 aliphatic heterocycles. The lowest BCUT2D eigenvalue weighted by Gasteiger charge is -2.37. The number of Topliss-reactive ketones (excluding diaryl/α,β-unsaturated/α-hetero) is 2. The molecule has 0 bridgehead atoms. The van der Waals surface area contributed by atoms with Crippen molar-refractivity contribution in [3.05, 3.63) is 34.4 Å². The van der Waals surface area contributed by atoms with E-state index in [2.05, 4.69) is 4.99 Å². The highest BCUT2D eigenvalue weighted by molar-refractivity contribution is 6.32. The van der Waals surface area contributed by atoms with E-state index in [9.17, 15) is 14.4 Å². The monoisotopic (exact) mass is 325 g/mol. The van der Waals surface area contributed by atoms with E-state index in [0.717, 1.165) is 22.3 Å². The van der Waals surface area contributed by atoms with Gasteiger partial charge in [0.1, 0.15) is 17.6 Å². The molecule has 2 atom stereocenters. The van der Waals surface area contributed by atoms with Crippen LogP contribution in [0.15, 0.2) is 17.1 Å². The number of nitrogens with zero attached hydrogens (tertiary/aromatic N) is 1. The second-order valence-corrected chi connectivity index (χ2v) is 8.01. The van der Waals surface area contributed by atoms with Crippen molar-refractivity contribution in [2.45, 2.75) is 53.4 Å². The number of rotatable bonds is 1. The predicted molar refractivity (Wildman–Crippen MR) is 92.4 cm³/mol. The zero-order valence-corrected chi connectivity index (χ0v) is 14.9. The first-order valence-corrected chi connectivity index (χ1v) is 8.36. The van der Waals surface area contributed by atoms with Gasteiger partial charge in [0, 0.05) is 12.1 Å². The van der Waals surface area contributed by atoms with E-state index in [4.69, 9.17) is 0 Å². The molecular formula is C20H23NO3. The maximum atomic E-state index is 13.1. The summed E-state index contributed by atoms with van der Waals surface area (Å²) < 4.78 is 0. The predicted octanol–water partition coefficient (Wildman–Crippen LogP) is 3.25. The molecule has 0 spiro atoms. The van der Waals surface area contributed by atoms with Crippen LogP contribution >= 0.6 is 0 Å². The summed E-state index contributed by atoms with van der Waals surface area (Å²) in [6, 6.07) is 3.93. The van der Waals surface area contributed by atoms with Crippen LogP contribution < -0.4 is 0 Å². The molecule has 1 amide bonds. The van der Waals surface area contributed by atoms with Gasteiger partial charge in [0.25, 0.3) is 5.91 Å². The second-order valence-electron chi connectivity index (χ2n) is 8.01. The zero-order valence-electron chi connectivity index (χ0n) is 14.9. The summed E-state index contributed by atoms with van der Waals surface area (Å²) in [5, 5.41) is 0. The van der Waals surface area contributed by atoms with Gasteiger partial charge in [0.15, 0.2) is 5.78 Å². The van der Waals surface area contributed by atoms with Crippen LogP contribution in [0.25, 0.3) is 0 Å². The Morgan fingerprint density at radius 2 is 1.54 bits per heavy atom. The molecule has 0 radical (unpaired) electrons. The lowest BCUT2D eigenvalue weighted by molar-refractivity contribution is -0.136. The third-order valence-corrected chi connectivity index (χ3v) is 5.06. The second kappa shape index (κ2) is 5.47. The van der Waals surface area contributed by atoms with Crippen molar-refractivity contribution in [3.63, 3.8) is 0 Å². The van der Waals surface area contributed by atoms with Gasteiger partial charge in [-0.3, -0.25) is 14.4 Å². The van der Waals surface area contributed by atoms with Crippen molar-refractivity contribution < 1.29 is 14.4 Å². The number of carbonyl (C=O) groups is 3. The molecule has 0 saturated heterocycles. The fraction of sp³-hybridized carbons (Fsp3) is 0.500. The molecule has 1 aromatic carbocycles. The molecule has 24 heavy (non-hydrogen) atoms. The van der Waals surface area contributed by atoms with Crippen LogP contribution in [0.1, 0.15) is 54.9 Å². The molecule has 1 aliphatic carbocycles. The van der Waals surface area contributed by atoms with Gasteiger partial charge >= 0.3 is 0 Å². The number of benzene rings is 1. The maximum Gasteiger partial charge on any atom is 0.260 e. The maximum absolute atomic E-state index is 13.1. The van der Waals surface area contributed by atoms with Gasteiger partial charge in [-0.2, -0.15) is 0 Å². The topological polar surface area (TPSA) is 63.6 Å². The molecule has 2 unspecified atom stereocenters. The summed E-state index contributed by atoms with van der Waals surface area (Å²) >= 11 is 0. The highest BCUT2D eigenvalue weighted by Crippen LogP contribution is 2.40. The standard InChI is InChI=1S/C20H23NO3/c1-10-6-11(2)15(12(3)7-10)17-18(23)16-13(21-19(17)24)8-20(4,5)9-14(16)22/h6-7,16-17H,8-9H2,1-5H3. The summed E-state index contributed by atoms with van der Waals surface area (Å²) in [6.45, 7) is 9.73. The van der Waals surface area contributed by atoms with Crippen LogP contribution in [0.2, 0.25) is 0 Å². The van der Waals surface area contributed by atoms with Gasteiger partial charge < -0.3 is 0 Å². The number of hydrogen-bond acceptors (Lipinski definition) is 3. The van der Waals surface area contributed by atoms with Crippen molar-refractivity contribution in [2.24, 2.45) is 16.3 Å². The summed E-state index contributed by atoms with van der Waals surface area (Å²) in [5.74, 6) is -2.59. The van der Waals surface area contributed by atoms with E-state index in [1.165, 1.54) is 0 Å². The fourth-order valence-corrected chi connectivity index (χ4v) is 4.25. The van der Waals surface area contributed by atoms with Crippen LogP contribution in [0.3, 0.4) is 0 Å². The lowest BCUT2D eigenvalue weighted by Crippen LogP contribution is -2.48. The summed E-state index contributed by atoms with van der Waals surface area (Å²) in [4.78, 5) is 42.5. The Balaban J connectivity index is 2.11. The van der Waals surface area contributed by atoms with Gasteiger partial charge in [-0.25, -0.2) is 4.99 Å². The molecule has 0 N–H and O–H groups in total. The van der Waals surface area contributed by atoms with E-state index < -0.39 is 17.7 Å². The third kappa shape index (κ3) is 2.64. The first-order valence-electron chi connectivity index (χ1n) is 8.36. The summed E-state index contributed by atoms with van der Waals surface area (Å²) in [5.41, 5.74) is 3.84. The van der Waals surface area contributed by atoms with Crippen molar-refractivity contribution in [3.8, 4) is 0 Å². The van der Waals surface area contributed by atoms with Crippen LogP contribution in [0.4, 0.5) is 0 Å². The van der Waals surface area contributed by atoms with E-state index >= 15 is 0 Å². The minimum absolute atomic E-state index is 0.102. The van der Waals surface area contributed by atoms with Gasteiger partial charge in [-0.15, -0.1) is 0 Å². The molecule has 0 aromatic heterocycles. The highest BCUT2D eigenvalue weighted by Gasteiger charge is 2.49. The molecule has 2 aliphatic rings. The van der Waals surface area contributed by atoms with Crippen molar-refractivity contribution in [1.29, 1.82) is 0 Å². The fourth-order valence-electron chi connectivity index (χ4n) is 4.25. The molecule has 3 rings (SSSR count). The van der Waals surface area contributed by atoms with Crippen LogP contribution in [0.5, 0.6) is 0 Å². The largest absolute Gasteiger partial charge is 0.298 e. The lowest BCUT2D eigenvalue weighted by atomic mass is 9.66. The molecule has 4 nitrogen and oxygen atoms in total. The van der Waals surface area contributed by atoms with E-state index in [1.54, 1.807) is 0 Å². The van der Waals surface area contributed by atoms with Gasteiger partial charge in [0.2, 0.25) is 0 Å². The number of aryl methyl sites for hydroxylation is 3. The molecule has 1 saturated carbocycles. The first kappa shape index (κ1) is 16.7. The molecule has 4 heteroatoms. The van der Waals surface area contributed by atoms with E-state index in [0.29, 0.717) is 18.6 Å². The normalized spacial score (nSPS) is 26.2. The summed E-state index contributed by atoms with van der Waals surface area (Å²) in [6.07, 6.45) is 0.884. The molecule has 1 fully saturated rings. The molecule has 1 heterocycles. The minimum atomic E-state index is -0.940. The number of hydrogen-bond donors (Lipinski definition) is 0. The van der Waals surface area contributed by atoms with E-state index in [-0.39, 0.29) is 17.0 Å². The smallest absolute Gasteiger partial charge is 0.260 e. The Kier molecular flexibility index (Phi) is 3.82. The van der Waals surface area contributed by atoms with Crippen LogP contribution in [-0.2, 0) is 14.4 Å². The number of ketones is 2. The quantitative estimate of drug-likeness (QED) is 0.745.